The Kier molecular flexibility index (Phi) is 4.69. The second kappa shape index (κ2) is 5.83. The zero-order valence-corrected chi connectivity index (χ0v) is 10.9. The van der Waals surface area contributed by atoms with Gasteiger partial charge in [0.1, 0.15) is 18.4 Å². The fraction of sp³-hybridized carbons (Fsp3) is 0.364. The topological polar surface area (TPSA) is 92.7 Å². The summed E-state index contributed by atoms with van der Waals surface area (Å²) in [4.78, 5) is 10.9. The van der Waals surface area contributed by atoms with Gasteiger partial charge in [-0.3, -0.25) is 4.79 Å². The third-order valence-electron chi connectivity index (χ3n) is 2.32. The summed E-state index contributed by atoms with van der Waals surface area (Å²) in [6.07, 6.45) is 1.12. The van der Waals surface area contributed by atoms with E-state index in [4.69, 9.17) is 9.84 Å². The van der Waals surface area contributed by atoms with E-state index in [0.717, 1.165) is 6.26 Å². The summed E-state index contributed by atoms with van der Waals surface area (Å²) in [5.41, 5.74) is 0. The van der Waals surface area contributed by atoms with E-state index in [0.29, 0.717) is 5.75 Å². The van der Waals surface area contributed by atoms with Crippen LogP contribution in [0.25, 0.3) is 0 Å². The zero-order valence-electron chi connectivity index (χ0n) is 10.1. The lowest BCUT2D eigenvalue weighted by atomic mass is 10.3. The van der Waals surface area contributed by atoms with E-state index in [1.165, 1.54) is 31.3 Å². The highest BCUT2D eigenvalue weighted by molar-refractivity contribution is 7.90. The maximum absolute atomic E-state index is 11.2. The number of carbonyl (C=O) groups is 1. The molecule has 0 saturated carbocycles. The molecule has 0 saturated heterocycles. The smallest absolute Gasteiger partial charge is 0.324 e. The molecule has 7 heteroatoms. The first-order chi connectivity index (χ1) is 8.34. The van der Waals surface area contributed by atoms with Gasteiger partial charge in [0.2, 0.25) is 0 Å². The van der Waals surface area contributed by atoms with Crippen molar-refractivity contribution in [2.45, 2.75) is 10.9 Å². The number of carboxylic acid groups (broad SMARTS) is 1. The first-order valence-corrected chi connectivity index (χ1v) is 7.06. The molecule has 0 spiro atoms. The van der Waals surface area contributed by atoms with Gasteiger partial charge in [0.05, 0.1) is 4.90 Å². The normalized spacial score (nSPS) is 13.0. The van der Waals surface area contributed by atoms with Gasteiger partial charge in [-0.2, -0.15) is 0 Å². The van der Waals surface area contributed by atoms with Crippen LogP contribution in [0.4, 0.5) is 0 Å². The van der Waals surface area contributed by atoms with Crippen LogP contribution in [-0.2, 0) is 14.6 Å². The Bertz CT molecular complexity index is 509. The summed E-state index contributed by atoms with van der Waals surface area (Å²) in [6.45, 7) is -0.0376. The summed E-state index contributed by atoms with van der Waals surface area (Å²) in [5.74, 6) is -0.589. The minimum atomic E-state index is -3.23. The predicted molar refractivity (Wildman–Crippen MR) is 65.5 cm³/mol. The third-order valence-corrected chi connectivity index (χ3v) is 3.44. The monoisotopic (exact) mass is 273 g/mol. The van der Waals surface area contributed by atoms with Gasteiger partial charge in [-0.1, -0.05) is 0 Å². The molecule has 2 N–H and O–H groups in total. The molecule has 1 rings (SSSR count). The SMILES string of the molecule is CNC(COc1ccc(S(C)(=O)=O)cc1)C(=O)O. The van der Waals surface area contributed by atoms with Gasteiger partial charge in [0, 0.05) is 6.26 Å². The van der Waals surface area contributed by atoms with Gasteiger partial charge in [0.15, 0.2) is 9.84 Å². The number of rotatable bonds is 6. The molecule has 1 atom stereocenters. The standard InChI is InChI=1S/C11H15NO5S/c1-12-10(11(13)14)7-17-8-3-5-9(6-4-8)18(2,15)16/h3-6,10,12H,7H2,1-2H3,(H,13,14). The van der Waals surface area contributed by atoms with Crippen molar-refractivity contribution in [3.63, 3.8) is 0 Å². The van der Waals surface area contributed by atoms with Crippen LogP contribution in [-0.4, -0.2) is 45.4 Å². The number of hydrogen-bond donors (Lipinski definition) is 2. The van der Waals surface area contributed by atoms with E-state index in [-0.39, 0.29) is 11.5 Å². The molecule has 1 aromatic carbocycles. The number of hydrogen-bond acceptors (Lipinski definition) is 5. The lowest BCUT2D eigenvalue weighted by Gasteiger charge is -2.12. The maximum Gasteiger partial charge on any atom is 0.324 e. The summed E-state index contributed by atoms with van der Waals surface area (Å²) in [5, 5.41) is 11.4. The number of benzene rings is 1. The quantitative estimate of drug-likeness (QED) is 0.766. The van der Waals surface area contributed by atoms with Gasteiger partial charge in [-0.15, -0.1) is 0 Å². The molecule has 18 heavy (non-hydrogen) atoms. The lowest BCUT2D eigenvalue weighted by molar-refractivity contribution is -0.140. The van der Waals surface area contributed by atoms with Crippen molar-refractivity contribution >= 4 is 15.8 Å². The Balaban J connectivity index is 2.67. The van der Waals surface area contributed by atoms with E-state index >= 15 is 0 Å². The zero-order chi connectivity index (χ0) is 13.8. The highest BCUT2D eigenvalue weighted by Gasteiger charge is 2.15. The Morgan fingerprint density at radius 2 is 1.94 bits per heavy atom. The molecular weight excluding hydrogens is 258 g/mol. The number of carboxylic acids is 1. The third kappa shape index (κ3) is 4.01. The van der Waals surface area contributed by atoms with Crippen molar-refractivity contribution in [3.8, 4) is 5.75 Å². The van der Waals surface area contributed by atoms with Crippen LogP contribution < -0.4 is 10.1 Å². The molecule has 0 aromatic heterocycles. The van der Waals surface area contributed by atoms with Gasteiger partial charge >= 0.3 is 5.97 Å². The van der Waals surface area contributed by atoms with Gasteiger partial charge in [-0.25, -0.2) is 8.42 Å². The molecule has 0 aliphatic heterocycles. The Morgan fingerprint density at radius 1 is 1.39 bits per heavy atom. The Morgan fingerprint density at radius 3 is 2.33 bits per heavy atom. The van der Waals surface area contributed by atoms with Gasteiger partial charge in [-0.05, 0) is 31.3 Å². The van der Waals surface area contributed by atoms with E-state index in [1.54, 1.807) is 0 Å². The van der Waals surface area contributed by atoms with Crippen molar-refractivity contribution < 1.29 is 23.1 Å². The largest absolute Gasteiger partial charge is 0.491 e. The van der Waals surface area contributed by atoms with E-state index in [2.05, 4.69) is 5.32 Å². The minimum Gasteiger partial charge on any atom is -0.491 e. The summed E-state index contributed by atoms with van der Waals surface area (Å²) >= 11 is 0. The highest BCUT2D eigenvalue weighted by Crippen LogP contribution is 2.15. The number of nitrogens with one attached hydrogen (secondary N) is 1. The van der Waals surface area contributed by atoms with Crippen molar-refractivity contribution in [1.29, 1.82) is 0 Å². The number of ether oxygens (including phenoxy) is 1. The first-order valence-electron chi connectivity index (χ1n) is 5.17. The van der Waals surface area contributed by atoms with Crippen molar-refractivity contribution in [1.82, 2.24) is 5.32 Å². The molecule has 0 amide bonds. The molecule has 0 aliphatic carbocycles. The molecule has 0 bridgehead atoms. The van der Waals surface area contributed by atoms with Crippen LogP contribution in [0.1, 0.15) is 0 Å². The van der Waals surface area contributed by atoms with Crippen LogP contribution in [0.15, 0.2) is 29.2 Å². The van der Waals surface area contributed by atoms with Crippen LogP contribution in [0.5, 0.6) is 5.75 Å². The average Bonchev–Trinajstić information content (AvgIpc) is 2.29. The van der Waals surface area contributed by atoms with Crippen molar-refractivity contribution in [2.75, 3.05) is 19.9 Å². The van der Waals surface area contributed by atoms with Crippen molar-refractivity contribution in [2.24, 2.45) is 0 Å². The predicted octanol–water partition coefficient (Wildman–Crippen LogP) is 0.141. The first kappa shape index (κ1) is 14.5. The minimum absolute atomic E-state index is 0.0376. The fourth-order valence-electron chi connectivity index (χ4n) is 1.24. The van der Waals surface area contributed by atoms with E-state index in [1.807, 2.05) is 0 Å². The van der Waals surface area contributed by atoms with Gasteiger partial charge < -0.3 is 15.2 Å². The molecule has 100 valence electrons. The Labute approximate surface area is 106 Å². The average molecular weight is 273 g/mol. The maximum atomic E-state index is 11.2. The molecule has 0 radical (unpaired) electrons. The van der Waals surface area contributed by atoms with E-state index < -0.39 is 21.8 Å². The number of sulfone groups is 1. The molecular formula is C11H15NO5S. The molecule has 1 unspecified atom stereocenters. The summed E-state index contributed by atoms with van der Waals surface area (Å²) in [7, 11) is -1.71. The van der Waals surface area contributed by atoms with Crippen LogP contribution >= 0.6 is 0 Å². The summed E-state index contributed by atoms with van der Waals surface area (Å²) < 4.78 is 27.7. The van der Waals surface area contributed by atoms with Crippen LogP contribution in [0.3, 0.4) is 0 Å². The Hall–Kier alpha value is -1.60. The second-order valence-electron chi connectivity index (χ2n) is 3.73. The lowest BCUT2D eigenvalue weighted by Crippen LogP contribution is -2.39. The van der Waals surface area contributed by atoms with Crippen molar-refractivity contribution in [3.05, 3.63) is 24.3 Å². The second-order valence-corrected chi connectivity index (χ2v) is 5.75. The van der Waals surface area contributed by atoms with Crippen LogP contribution in [0.2, 0.25) is 0 Å². The number of likely N-dealkylation sites (N-methyl/N-ethyl adjacent to an activating group) is 1. The van der Waals surface area contributed by atoms with E-state index in [9.17, 15) is 13.2 Å². The van der Waals surface area contributed by atoms with Gasteiger partial charge in [0.25, 0.3) is 0 Å². The molecule has 6 nitrogen and oxygen atoms in total. The fourth-order valence-corrected chi connectivity index (χ4v) is 1.87. The number of aliphatic carboxylic acids is 1. The molecule has 0 aliphatic rings. The molecule has 1 aromatic rings. The summed E-state index contributed by atoms with van der Waals surface area (Å²) in [6, 6.07) is 5.01. The molecule has 0 fully saturated rings. The molecule has 0 heterocycles. The van der Waals surface area contributed by atoms with Crippen LogP contribution in [0, 0.1) is 0 Å². The highest BCUT2D eigenvalue weighted by atomic mass is 32.2.